The van der Waals surface area contributed by atoms with E-state index in [9.17, 15) is 0 Å². The van der Waals surface area contributed by atoms with Crippen molar-refractivity contribution in [3.63, 3.8) is 0 Å². The lowest BCUT2D eigenvalue weighted by molar-refractivity contribution is 0.519. The highest BCUT2D eigenvalue weighted by Gasteiger charge is 2.14. The predicted molar refractivity (Wildman–Crippen MR) is 90.6 cm³/mol. The molecule has 0 amide bonds. The van der Waals surface area contributed by atoms with Crippen LogP contribution in [0.4, 0.5) is 0 Å². The zero-order valence-electron chi connectivity index (χ0n) is 13.8. The molecule has 1 rings (SSSR count). The fourth-order valence-electron chi connectivity index (χ4n) is 2.23. The first-order valence-electron chi connectivity index (χ1n) is 7.98. The second kappa shape index (κ2) is 9.46. The molecular formula is C16H31N3S. The van der Waals surface area contributed by atoms with Crippen molar-refractivity contribution in [2.24, 2.45) is 0 Å². The molecule has 1 aromatic rings. The summed E-state index contributed by atoms with van der Waals surface area (Å²) in [5, 5.41) is 9.00. The van der Waals surface area contributed by atoms with E-state index < -0.39 is 0 Å². The monoisotopic (exact) mass is 297 g/mol. The third-order valence-corrected chi connectivity index (χ3v) is 5.08. The van der Waals surface area contributed by atoms with Crippen molar-refractivity contribution in [1.29, 1.82) is 0 Å². The summed E-state index contributed by atoms with van der Waals surface area (Å²) in [6, 6.07) is 2.79. The Labute approximate surface area is 128 Å². The van der Waals surface area contributed by atoms with Crippen LogP contribution in [0.2, 0.25) is 0 Å². The molecule has 0 fully saturated rings. The lowest BCUT2D eigenvalue weighted by Gasteiger charge is -2.20. The Hall–Kier alpha value is -0.480. The maximum absolute atomic E-state index is 4.56. The molecule has 0 aromatic carbocycles. The van der Waals surface area contributed by atoms with Crippen LogP contribution >= 0.6 is 11.8 Å². The second-order valence-electron chi connectivity index (χ2n) is 5.50. The second-order valence-corrected chi connectivity index (χ2v) is 6.97. The van der Waals surface area contributed by atoms with Gasteiger partial charge in [-0.2, -0.15) is 16.9 Å². The lowest BCUT2D eigenvalue weighted by Crippen LogP contribution is -2.35. The molecule has 3 nitrogen and oxygen atoms in total. The largest absolute Gasteiger partial charge is 0.313 e. The number of hydrogen-bond acceptors (Lipinski definition) is 3. The van der Waals surface area contributed by atoms with Crippen molar-refractivity contribution < 1.29 is 0 Å². The van der Waals surface area contributed by atoms with Gasteiger partial charge >= 0.3 is 0 Å². The summed E-state index contributed by atoms with van der Waals surface area (Å²) >= 11 is 2.08. The number of hydrogen-bond donors (Lipinski definition) is 1. The standard InChI is InChI=1S/C16H31N3S/c1-6-9-17-15(12-20-14(5)7-2)11-16-10-13(4)18-19(16)8-3/h10,14-15,17H,6-9,11-12H2,1-5H3. The molecule has 1 N–H and O–H groups in total. The minimum atomic E-state index is 0.551. The van der Waals surface area contributed by atoms with Gasteiger partial charge in [-0.1, -0.05) is 20.8 Å². The highest BCUT2D eigenvalue weighted by atomic mass is 32.2. The summed E-state index contributed by atoms with van der Waals surface area (Å²) in [7, 11) is 0. The first-order chi connectivity index (χ1) is 9.60. The Morgan fingerprint density at radius 2 is 2.10 bits per heavy atom. The van der Waals surface area contributed by atoms with Crippen LogP contribution in [0.3, 0.4) is 0 Å². The summed E-state index contributed by atoms with van der Waals surface area (Å²) in [6.45, 7) is 13.1. The van der Waals surface area contributed by atoms with Crippen LogP contribution < -0.4 is 5.32 Å². The Bertz CT molecular complexity index is 376. The molecule has 0 aliphatic heterocycles. The van der Waals surface area contributed by atoms with E-state index in [4.69, 9.17) is 0 Å². The molecule has 2 atom stereocenters. The zero-order valence-corrected chi connectivity index (χ0v) is 14.6. The number of nitrogens with one attached hydrogen (secondary N) is 1. The quantitative estimate of drug-likeness (QED) is 0.715. The van der Waals surface area contributed by atoms with E-state index in [2.05, 4.69) is 67.5 Å². The highest BCUT2D eigenvalue weighted by Crippen LogP contribution is 2.17. The summed E-state index contributed by atoms with van der Waals surface area (Å²) in [5.41, 5.74) is 2.49. The van der Waals surface area contributed by atoms with Gasteiger partial charge in [0.1, 0.15) is 0 Å². The molecular weight excluding hydrogens is 266 g/mol. The predicted octanol–water partition coefficient (Wildman–Crippen LogP) is 3.65. The first-order valence-corrected chi connectivity index (χ1v) is 9.03. The molecule has 0 bridgehead atoms. The van der Waals surface area contributed by atoms with Crippen molar-refractivity contribution in [3.8, 4) is 0 Å². The van der Waals surface area contributed by atoms with Crippen LogP contribution in [-0.4, -0.2) is 33.4 Å². The van der Waals surface area contributed by atoms with Gasteiger partial charge in [-0.25, -0.2) is 0 Å². The molecule has 116 valence electrons. The summed E-state index contributed by atoms with van der Waals surface area (Å²) in [6.07, 6.45) is 3.52. The van der Waals surface area contributed by atoms with E-state index in [1.807, 2.05) is 0 Å². The van der Waals surface area contributed by atoms with Gasteiger partial charge < -0.3 is 5.32 Å². The van der Waals surface area contributed by atoms with Crippen LogP contribution in [0.15, 0.2) is 6.07 Å². The number of rotatable bonds is 10. The van der Waals surface area contributed by atoms with Crippen LogP contribution in [0.5, 0.6) is 0 Å². The molecule has 0 saturated carbocycles. The van der Waals surface area contributed by atoms with Crippen LogP contribution in [0, 0.1) is 6.92 Å². The molecule has 0 radical (unpaired) electrons. The first kappa shape index (κ1) is 17.6. The van der Waals surface area contributed by atoms with Crippen LogP contribution in [0.25, 0.3) is 0 Å². The number of thioether (sulfide) groups is 1. The summed E-state index contributed by atoms with van der Waals surface area (Å²) in [4.78, 5) is 0. The maximum atomic E-state index is 4.56. The van der Waals surface area contributed by atoms with E-state index in [-0.39, 0.29) is 0 Å². The van der Waals surface area contributed by atoms with E-state index in [0.29, 0.717) is 6.04 Å². The fraction of sp³-hybridized carbons (Fsp3) is 0.812. The minimum absolute atomic E-state index is 0.551. The SMILES string of the molecule is CCCNC(CSC(C)CC)Cc1cc(C)nn1CC. The number of nitrogens with zero attached hydrogens (tertiary/aromatic N) is 2. The normalized spacial score (nSPS) is 14.4. The van der Waals surface area contributed by atoms with Crippen molar-refractivity contribution in [3.05, 3.63) is 17.5 Å². The fourth-order valence-corrected chi connectivity index (χ4v) is 3.26. The Kier molecular flexibility index (Phi) is 8.31. The van der Waals surface area contributed by atoms with E-state index in [1.165, 1.54) is 24.3 Å². The van der Waals surface area contributed by atoms with Crippen molar-refractivity contribution in [2.45, 2.75) is 71.7 Å². The lowest BCUT2D eigenvalue weighted by atomic mass is 10.1. The van der Waals surface area contributed by atoms with Crippen molar-refractivity contribution >= 4 is 11.8 Å². The van der Waals surface area contributed by atoms with Gasteiger partial charge in [0.05, 0.1) is 5.69 Å². The van der Waals surface area contributed by atoms with Crippen molar-refractivity contribution in [2.75, 3.05) is 12.3 Å². The molecule has 0 aliphatic rings. The van der Waals surface area contributed by atoms with E-state index in [1.54, 1.807) is 0 Å². The third-order valence-electron chi connectivity index (χ3n) is 3.58. The van der Waals surface area contributed by atoms with Crippen molar-refractivity contribution in [1.82, 2.24) is 15.1 Å². The van der Waals surface area contributed by atoms with Crippen LogP contribution in [-0.2, 0) is 13.0 Å². The molecule has 20 heavy (non-hydrogen) atoms. The van der Waals surface area contributed by atoms with Gasteiger partial charge in [0.15, 0.2) is 0 Å². The molecule has 0 saturated heterocycles. The Balaban J connectivity index is 2.62. The summed E-state index contributed by atoms with van der Waals surface area (Å²) < 4.78 is 2.14. The number of aromatic nitrogens is 2. The molecule has 2 unspecified atom stereocenters. The molecule has 0 spiro atoms. The maximum Gasteiger partial charge on any atom is 0.0596 e. The van der Waals surface area contributed by atoms with Gasteiger partial charge in [-0.05, 0) is 39.3 Å². The minimum Gasteiger partial charge on any atom is -0.313 e. The average Bonchev–Trinajstić information content (AvgIpc) is 2.81. The van der Waals surface area contributed by atoms with Gasteiger partial charge in [0, 0.05) is 35.7 Å². The topological polar surface area (TPSA) is 29.9 Å². The zero-order chi connectivity index (χ0) is 15.0. The summed E-state index contributed by atoms with van der Waals surface area (Å²) in [5.74, 6) is 1.18. The van der Waals surface area contributed by atoms with Gasteiger partial charge in [-0.15, -0.1) is 0 Å². The molecule has 4 heteroatoms. The molecule has 0 aliphatic carbocycles. The average molecular weight is 298 g/mol. The molecule has 1 heterocycles. The third kappa shape index (κ3) is 5.88. The molecule has 1 aromatic heterocycles. The van der Waals surface area contributed by atoms with Gasteiger partial charge in [0.25, 0.3) is 0 Å². The highest BCUT2D eigenvalue weighted by molar-refractivity contribution is 7.99. The van der Waals surface area contributed by atoms with E-state index in [0.717, 1.165) is 30.5 Å². The van der Waals surface area contributed by atoms with Crippen LogP contribution in [0.1, 0.15) is 51.9 Å². The Morgan fingerprint density at radius 1 is 1.35 bits per heavy atom. The Morgan fingerprint density at radius 3 is 2.70 bits per heavy atom. The smallest absolute Gasteiger partial charge is 0.0596 e. The van der Waals surface area contributed by atoms with Gasteiger partial charge in [0.2, 0.25) is 0 Å². The number of aryl methyl sites for hydroxylation is 2. The van der Waals surface area contributed by atoms with Gasteiger partial charge in [-0.3, -0.25) is 4.68 Å². The van der Waals surface area contributed by atoms with E-state index >= 15 is 0 Å².